The van der Waals surface area contributed by atoms with E-state index in [2.05, 4.69) is 42.5 Å². The molecule has 0 spiro atoms. The van der Waals surface area contributed by atoms with Crippen molar-refractivity contribution in [2.75, 3.05) is 13.2 Å². The summed E-state index contributed by atoms with van der Waals surface area (Å²) in [6.45, 7) is 4.23. The second-order valence-electron chi connectivity index (χ2n) is 14.6. The first-order valence-electron chi connectivity index (χ1n) is 19.8. The fourth-order valence-electron chi connectivity index (χ4n) is 7.69. The molecule has 0 aromatic heterocycles. The van der Waals surface area contributed by atoms with E-state index >= 15 is 0 Å². The number of aliphatic hydroxyl groups excluding tert-OH is 1. The molecule has 0 saturated heterocycles. The van der Waals surface area contributed by atoms with Crippen LogP contribution in [-0.2, 0) is 51.8 Å². The summed E-state index contributed by atoms with van der Waals surface area (Å²) in [4.78, 5) is 0. The Labute approximate surface area is 341 Å². The molecule has 1 saturated carbocycles. The van der Waals surface area contributed by atoms with Crippen LogP contribution in [0.4, 0.5) is 0 Å². The van der Waals surface area contributed by atoms with E-state index in [-0.39, 0.29) is 6.61 Å². The Hall–Kier alpha value is -4.79. The summed E-state index contributed by atoms with van der Waals surface area (Å²) >= 11 is 6.92. The second kappa shape index (κ2) is 20.6. The van der Waals surface area contributed by atoms with E-state index in [1.54, 1.807) is 0 Å². The number of aliphatic hydroxyl groups is 1. The van der Waals surface area contributed by atoms with Crippen LogP contribution in [0.1, 0.15) is 51.8 Å². The predicted molar refractivity (Wildman–Crippen MR) is 225 cm³/mol. The third-order valence-electron chi connectivity index (χ3n) is 10.6. The van der Waals surface area contributed by atoms with Crippen molar-refractivity contribution in [3.05, 3.63) is 208 Å². The zero-order chi connectivity index (χ0) is 39.2. The molecule has 6 aromatic carbocycles. The van der Waals surface area contributed by atoms with Gasteiger partial charge in [0.25, 0.3) is 0 Å². The zero-order valence-electron chi connectivity index (χ0n) is 32.4. The Balaban J connectivity index is 1.28. The van der Waals surface area contributed by atoms with Crippen LogP contribution >= 0.6 is 11.6 Å². The largest absolute Gasteiger partial charge is 0.494 e. The quantitative estimate of drug-likeness (QED) is 0.0937. The third kappa shape index (κ3) is 11.0. The molecule has 6 aromatic rings. The maximum atomic E-state index is 12.8. The maximum Gasteiger partial charge on any atom is 0.119 e. The number of hydrogen-bond acceptors (Lipinski definition) is 6. The topological polar surface area (TPSA) is 66.4 Å². The first kappa shape index (κ1) is 40.4. The molecule has 0 radical (unpaired) electrons. The molecule has 0 aliphatic heterocycles. The van der Waals surface area contributed by atoms with Gasteiger partial charge in [0, 0.05) is 16.9 Å². The number of benzene rings is 6. The molecule has 0 amide bonds. The Kier molecular flexibility index (Phi) is 14.6. The van der Waals surface area contributed by atoms with Gasteiger partial charge in [-0.2, -0.15) is 0 Å². The number of hydrogen-bond donors (Lipinski definition) is 1. The molecule has 7 heteroatoms. The van der Waals surface area contributed by atoms with Gasteiger partial charge in [-0.15, -0.1) is 0 Å². The molecular formula is C50H51ClO6. The standard InChI is InChI=1S/C50H51ClO6/c1-2-54-43-26-23-36(24-27-43)29-42-30-41(25-28-45(42)51)46-47(52)44(35-53-31-37-15-7-3-8-16-37)48(55-32-38-17-9-4-10-18-38)50(57-34-40-21-13-6-14-22-40)49(46)56-33-39-19-11-5-12-20-39/h3-28,30,44,46-50,52H,2,29,31-35H2,1H3. The minimum atomic E-state index is -0.918. The molecule has 7 rings (SSSR count). The predicted octanol–water partition coefficient (Wildman–Crippen LogP) is 10.4. The highest BCUT2D eigenvalue weighted by atomic mass is 35.5. The van der Waals surface area contributed by atoms with Crippen molar-refractivity contribution < 1.29 is 28.8 Å². The average molecular weight is 783 g/mol. The number of ether oxygens (including phenoxy) is 5. The highest BCUT2D eigenvalue weighted by Gasteiger charge is 2.53. The van der Waals surface area contributed by atoms with E-state index in [0.717, 1.165) is 44.7 Å². The van der Waals surface area contributed by atoms with Crippen LogP contribution in [0, 0.1) is 5.92 Å². The van der Waals surface area contributed by atoms with Crippen LogP contribution in [0.2, 0.25) is 5.02 Å². The fraction of sp³-hybridized carbons (Fsp3) is 0.280. The van der Waals surface area contributed by atoms with Crippen molar-refractivity contribution in [1.29, 1.82) is 0 Å². The van der Waals surface area contributed by atoms with Crippen molar-refractivity contribution in [2.24, 2.45) is 5.92 Å². The lowest BCUT2D eigenvalue weighted by Gasteiger charge is -2.49. The lowest BCUT2D eigenvalue weighted by atomic mass is 9.70. The second-order valence-corrected chi connectivity index (χ2v) is 15.0. The van der Waals surface area contributed by atoms with E-state index in [1.807, 2.05) is 128 Å². The maximum absolute atomic E-state index is 12.8. The first-order chi connectivity index (χ1) is 28.1. The minimum Gasteiger partial charge on any atom is -0.494 e. The molecule has 6 nitrogen and oxygen atoms in total. The fourth-order valence-corrected chi connectivity index (χ4v) is 7.88. The van der Waals surface area contributed by atoms with E-state index in [9.17, 15) is 5.11 Å². The smallest absolute Gasteiger partial charge is 0.119 e. The van der Waals surface area contributed by atoms with Crippen molar-refractivity contribution >= 4 is 11.6 Å². The van der Waals surface area contributed by atoms with Gasteiger partial charge in [0.1, 0.15) is 11.9 Å². The van der Waals surface area contributed by atoms with Gasteiger partial charge >= 0.3 is 0 Å². The van der Waals surface area contributed by atoms with Crippen molar-refractivity contribution in [2.45, 2.75) is 70.1 Å². The SMILES string of the molecule is CCOc1ccc(Cc2cc(C3C(O)C(COCc4ccccc4)C(OCc4ccccc4)C(OCc4ccccc4)C3OCc3ccccc3)ccc2Cl)cc1. The summed E-state index contributed by atoms with van der Waals surface area (Å²) in [5, 5.41) is 13.5. The molecule has 6 atom stereocenters. The molecule has 1 aliphatic carbocycles. The van der Waals surface area contributed by atoms with Gasteiger partial charge in [0.2, 0.25) is 0 Å². The van der Waals surface area contributed by atoms with Gasteiger partial charge in [0.15, 0.2) is 0 Å². The molecule has 1 aliphatic rings. The normalized spacial score (nSPS) is 20.6. The summed E-state index contributed by atoms with van der Waals surface area (Å²) in [6, 6.07) is 54.6. The molecule has 1 fully saturated rings. The van der Waals surface area contributed by atoms with E-state index < -0.39 is 36.3 Å². The molecule has 6 unspecified atom stereocenters. The molecular weight excluding hydrogens is 732 g/mol. The molecule has 294 valence electrons. The van der Waals surface area contributed by atoms with Crippen LogP contribution < -0.4 is 4.74 Å². The zero-order valence-corrected chi connectivity index (χ0v) is 33.1. The van der Waals surface area contributed by atoms with Crippen molar-refractivity contribution in [1.82, 2.24) is 0 Å². The summed E-state index contributed by atoms with van der Waals surface area (Å²) in [5.41, 5.74) is 7.10. The van der Waals surface area contributed by atoms with Crippen LogP contribution in [0.15, 0.2) is 164 Å². The van der Waals surface area contributed by atoms with Gasteiger partial charge in [0.05, 0.1) is 58.0 Å². The Morgan fingerprint density at radius 1 is 0.526 bits per heavy atom. The van der Waals surface area contributed by atoms with Gasteiger partial charge in [-0.3, -0.25) is 0 Å². The highest BCUT2D eigenvalue weighted by Crippen LogP contribution is 2.44. The number of halogens is 1. The van der Waals surface area contributed by atoms with Crippen LogP contribution in [0.5, 0.6) is 5.75 Å². The van der Waals surface area contributed by atoms with E-state index in [1.165, 1.54) is 0 Å². The third-order valence-corrected chi connectivity index (χ3v) is 11.0. The Morgan fingerprint density at radius 2 is 1.02 bits per heavy atom. The van der Waals surface area contributed by atoms with Crippen LogP contribution in [0.25, 0.3) is 0 Å². The lowest BCUT2D eigenvalue weighted by molar-refractivity contribution is -0.228. The van der Waals surface area contributed by atoms with E-state index in [0.29, 0.717) is 44.5 Å². The summed E-state index contributed by atoms with van der Waals surface area (Å²) in [5.74, 6) is -0.145. The average Bonchev–Trinajstić information content (AvgIpc) is 3.25. The van der Waals surface area contributed by atoms with Gasteiger partial charge < -0.3 is 28.8 Å². The van der Waals surface area contributed by atoms with Crippen molar-refractivity contribution in [3.63, 3.8) is 0 Å². The Bertz CT molecular complexity index is 2060. The molecule has 0 bridgehead atoms. The highest BCUT2D eigenvalue weighted by molar-refractivity contribution is 6.31. The molecule has 0 heterocycles. The molecule has 1 N–H and O–H groups in total. The van der Waals surface area contributed by atoms with Gasteiger partial charge in [-0.1, -0.05) is 157 Å². The van der Waals surface area contributed by atoms with Gasteiger partial charge in [-0.05, 0) is 70.5 Å². The van der Waals surface area contributed by atoms with Crippen molar-refractivity contribution in [3.8, 4) is 5.75 Å². The Morgan fingerprint density at radius 3 is 1.54 bits per heavy atom. The minimum absolute atomic E-state index is 0.245. The van der Waals surface area contributed by atoms with E-state index in [4.69, 9.17) is 35.3 Å². The number of rotatable bonds is 18. The van der Waals surface area contributed by atoms with Gasteiger partial charge in [-0.25, -0.2) is 0 Å². The van der Waals surface area contributed by atoms with Crippen LogP contribution in [-0.4, -0.2) is 42.7 Å². The summed E-state index contributed by atoms with van der Waals surface area (Å²) in [7, 11) is 0. The molecule has 57 heavy (non-hydrogen) atoms. The van der Waals surface area contributed by atoms with Crippen LogP contribution in [0.3, 0.4) is 0 Å². The lowest BCUT2D eigenvalue weighted by Crippen LogP contribution is -2.60. The summed E-state index contributed by atoms with van der Waals surface area (Å²) in [6.07, 6.45) is -2.07. The first-order valence-corrected chi connectivity index (χ1v) is 20.2. The monoisotopic (exact) mass is 782 g/mol. The summed E-state index contributed by atoms with van der Waals surface area (Å²) < 4.78 is 33.0.